The predicted molar refractivity (Wildman–Crippen MR) is 80.2 cm³/mol. The highest BCUT2D eigenvalue weighted by Gasteiger charge is 2.20. The summed E-state index contributed by atoms with van der Waals surface area (Å²) in [5.74, 6) is -0.339. The number of Topliss-reactive ketones (excluding diaryl/α,β-unsaturated/α-hetero) is 1. The molecule has 1 aromatic heterocycles. The normalized spacial score (nSPS) is 10.9. The first-order chi connectivity index (χ1) is 9.56. The predicted octanol–water partition coefficient (Wildman–Crippen LogP) is 2.96. The Morgan fingerprint density at radius 1 is 1.30 bits per heavy atom. The van der Waals surface area contributed by atoms with Crippen LogP contribution in [0.5, 0.6) is 0 Å². The van der Waals surface area contributed by atoms with Gasteiger partial charge in [0.2, 0.25) is 0 Å². The number of aromatic amines is 1. The second kappa shape index (κ2) is 5.57. The summed E-state index contributed by atoms with van der Waals surface area (Å²) in [7, 11) is 0. The molecule has 0 aliphatic heterocycles. The molecule has 1 heterocycles. The van der Waals surface area contributed by atoms with Gasteiger partial charge in [0, 0.05) is 0 Å². The number of nitrogens with one attached hydrogen (secondary N) is 1. The van der Waals surface area contributed by atoms with Crippen LogP contribution in [0.1, 0.15) is 29.9 Å². The molecule has 102 valence electrons. The third kappa shape index (κ3) is 2.40. The molecule has 0 saturated carbocycles. The molecule has 0 radical (unpaired) electrons. The van der Waals surface area contributed by atoms with Gasteiger partial charge < -0.3 is 0 Å². The highest BCUT2D eigenvalue weighted by atomic mass is 16.2. The molecule has 0 bridgehead atoms. The van der Waals surface area contributed by atoms with E-state index in [1.807, 2.05) is 25.1 Å². The Kier molecular flexibility index (Phi) is 3.84. The molecule has 2 aromatic rings. The first-order valence-corrected chi connectivity index (χ1v) is 6.29. The zero-order chi connectivity index (χ0) is 14.7. The average Bonchev–Trinajstić information content (AvgIpc) is 2.76. The Morgan fingerprint density at radius 3 is 2.50 bits per heavy atom. The minimum atomic E-state index is -0.364. The molecule has 2 rings (SSSR count). The van der Waals surface area contributed by atoms with Gasteiger partial charge in [-0.2, -0.15) is 0 Å². The van der Waals surface area contributed by atoms with Crippen molar-refractivity contribution < 1.29 is 4.79 Å². The van der Waals surface area contributed by atoms with Gasteiger partial charge in [0.1, 0.15) is 5.56 Å². The van der Waals surface area contributed by atoms with E-state index in [1.165, 1.54) is 4.68 Å². The average molecular weight is 268 g/mol. The van der Waals surface area contributed by atoms with E-state index in [2.05, 4.69) is 11.7 Å². The van der Waals surface area contributed by atoms with Gasteiger partial charge >= 0.3 is 0 Å². The summed E-state index contributed by atoms with van der Waals surface area (Å²) in [6.07, 6.45) is 3.48. The number of ketones is 1. The Labute approximate surface area is 117 Å². The van der Waals surface area contributed by atoms with Crippen LogP contribution < -0.4 is 5.56 Å². The zero-order valence-electron chi connectivity index (χ0n) is 11.5. The van der Waals surface area contributed by atoms with Crippen LogP contribution >= 0.6 is 0 Å². The molecular formula is C16H16N2O2. The standard InChI is InChI=1S/C16H16N2O2/c1-4-8-13-14(15(19)11(2)3)16(20)18(17-13)12-9-6-5-7-10-12/h4-10,17H,2H2,1,3H3/b8-4+. The van der Waals surface area contributed by atoms with Gasteiger partial charge in [0.15, 0.2) is 5.78 Å². The number of allylic oxidation sites excluding steroid dienone is 2. The number of carbonyl (C=O) groups is 1. The van der Waals surface area contributed by atoms with Crippen molar-refractivity contribution in [3.05, 3.63) is 70.2 Å². The molecule has 0 amide bonds. The topological polar surface area (TPSA) is 54.9 Å². The summed E-state index contributed by atoms with van der Waals surface area (Å²) in [6.45, 7) is 7.04. The van der Waals surface area contributed by atoms with E-state index in [0.717, 1.165) is 0 Å². The number of hydrogen-bond acceptors (Lipinski definition) is 2. The smallest absolute Gasteiger partial charge is 0.283 e. The number of benzene rings is 1. The van der Waals surface area contributed by atoms with Gasteiger partial charge in [-0.25, -0.2) is 4.68 Å². The van der Waals surface area contributed by atoms with Crippen LogP contribution in [0, 0.1) is 0 Å². The maximum absolute atomic E-state index is 12.4. The molecule has 0 saturated heterocycles. The lowest BCUT2D eigenvalue weighted by Gasteiger charge is -1.99. The molecule has 20 heavy (non-hydrogen) atoms. The number of para-hydroxylation sites is 1. The Morgan fingerprint density at radius 2 is 1.95 bits per heavy atom. The maximum atomic E-state index is 12.4. The van der Waals surface area contributed by atoms with Crippen LogP contribution in [-0.4, -0.2) is 15.6 Å². The summed E-state index contributed by atoms with van der Waals surface area (Å²) in [6, 6.07) is 9.12. The van der Waals surface area contributed by atoms with Crippen LogP contribution in [0.4, 0.5) is 0 Å². The molecule has 0 fully saturated rings. The van der Waals surface area contributed by atoms with Gasteiger partial charge in [-0.15, -0.1) is 0 Å². The van der Waals surface area contributed by atoms with E-state index in [-0.39, 0.29) is 16.9 Å². The summed E-state index contributed by atoms with van der Waals surface area (Å²) in [5, 5.41) is 2.96. The van der Waals surface area contributed by atoms with Crippen molar-refractivity contribution in [2.45, 2.75) is 13.8 Å². The van der Waals surface area contributed by atoms with Crippen LogP contribution in [0.3, 0.4) is 0 Å². The van der Waals surface area contributed by atoms with E-state index in [4.69, 9.17) is 0 Å². The Balaban J connectivity index is 2.69. The Bertz CT molecular complexity index is 734. The lowest BCUT2D eigenvalue weighted by atomic mass is 10.1. The quantitative estimate of drug-likeness (QED) is 0.684. The van der Waals surface area contributed by atoms with Crippen molar-refractivity contribution in [3.8, 4) is 5.69 Å². The van der Waals surface area contributed by atoms with Gasteiger partial charge in [-0.1, -0.05) is 30.9 Å². The van der Waals surface area contributed by atoms with E-state index < -0.39 is 0 Å². The summed E-state index contributed by atoms with van der Waals surface area (Å²) < 4.78 is 1.37. The van der Waals surface area contributed by atoms with E-state index >= 15 is 0 Å². The molecule has 4 heteroatoms. The molecule has 0 aliphatic rings. The molecule has 1 aromatic carbocycles. The fraction of sp³-hybridized carbons (Fsp3) is 0.125. The van der Waals surface area contributed by atoms with Crippen molar-refractivity contribution in [1.29, 1.82) is 0 Å². The summed E-state index contributed by atoms with van der Waals surface area (Å²) in [4.78, 5) is 24.6. The van der Waals surface area contributed by atoms with Crippen LogP contribution in [-0.2, 0) is 0 Å². The highest BCUT2D eigenvalue weighted by molar-refractivity contribution is 6.09. The molecule has 0 aliphatic carbocycles. The van der Waals surface area contributed by atoms with Crippen molar-refractivity contribution in [2.75, 3.05) is 0 Å². The number of carbonyl (C=O) groups excluding carboxylic acids is 1. The van der Waals surface area contributed by atoms with Gasteiger partial charge in [-0.05, 0) is 37.6 Å². The number of hydrogen-bond donors (Lipinski definition) is 1. The largest absolute Gasteiger partial charge is 0.290 e. The first-order valence-electron chi connectivity index (χ1n) is 6.29. The second-order valence-corrected chi connectivity index (χ2v) is 4.49. The summed E-state index contributed by atoms with van der Waals surface area (Å²) >= 11 is 0. The van der Waals surface area contributed by atoms with E-state index in [1.54, 1.807) is 31.2 Å². The molecule has 0 spiro atoms. The van der Waals surface area contributed by atoms with Crippen LogP contribution in [0.25, 0.3) is 11.8 Å². The molecule has 0 atom stereocenters. The lowest BCUT2D eigenvalue weighted by Crippen LogP contribution is -2.20. The lowest BCUT2D eigenvalue weighted by molar-refractivity contribution is 0.103. The number of rotatable bonds is 4. The zero-order valence-corrected chi connectivity index (χ0v) is 11.5. The van der Waals surface area contributed by atoms with Crippen molar-refractivity contribution >= 4 is 11.9 Å². The van der Waals surface area contributed by atoms with Crippen molar-refractivity contribution in [2.24, 2.45) is 0 Å². The van der Waals surface area contributed by atoms with Crippen molar-refractivity contribution in [1.82, 2.24) is 9.78 Å². The summed E-state index contributed by atoms with van der Waals surface area (Å²) in [5.41, 5.74) is 1.28. The van der Waals surface area contributed by atoms with Crippen LogP contribution in [0.15, 0.2) is 53.4 Å². The molecule has 4 nitrogen and oxygen atoms in total. The second-order valence-electron chi connectivity index (χ2n) is 4.49. The highest BCUT2D eigenvalue weighted by Crippen LogP contribution is 2.12. The monoisotopic (exact) mass is 268 g/mol. The SMILES string of the molecule is C=C(C)C(=O)c1c(/C=C/C)[nH]n(-c2ccccc2)c1=O. The molecule has 1 N–H and O–H groups in total. The molecule has 0 unspecified atom stereocenters. The van der Waals surface area contributed by atoms with E-state index in [0.29, 0.717) is 17.0 Å². The minimum absolute atomic E-state index is 0.124. The fourth-order valence-corrected chi connectivity index (χ4v) is 1.93. The maximum Gasteiger partial charge on any atom is 0.283 e. The number of aromatic nitrogens is 2. The van der Waals surface area contributed by atoms with Gasteiger partial charge in [0.25, 0.3) is 5.56 Å². The number of nitrogens with zero attached hydrogens (tertiary/aromatic N) is 1. The third-order valence-electron chi connectivity index (χ3n) is 2.88. The van der Waals surface area contributed by atoms with Gasteiger partial charge in [0.05, 0.1) is 11.4 Å². The van der Waals surface area contributed by atoms with Crippen molar-refractivity contribution in [3.63, 3.8) is 0 Å². The van der Waals surface area contributed by atoms with Gasteiger partial charge in [-0.3, -0.25) is 14.7 Å². The Hall–Kier alpha value is -2.62. The van der Waals surface area contributed by atoms with Crippen LogP contribution in [0.2, 0.25) is 0 Å². The first kappa shape index (κ1) is 13.8. The third-order valence-corrected chi connectivity index (χ3v) is 2.88. The fourth-order valence-electron chi connectivity index (χ4n) is 1.93. The molecular weight excluding hydrogens is 252 g/mol. The van der Waals surface area contributed by atoms with E-state index in [9.17, 15) is 9.59 Å². The minimum Gasteiger partial charge on any atom is -0.290 e. The number of H-pyrrole nitrogens is 1.